The number of rotatable bonds is 8. The van der Waals surface area contributed by atoms with Gasteiger partial charge in [0.05, 0.1) is 31.0 Å². The molecule has 0 aliphatic carbocycles. The molecule has 1 atom stereocenters. The quantitative estimate of drug-likeness (QED) is 0.567. The van der Waals surface area contributed by atoms with Crippen LogP contribution in [0.3, 0.4) is 0 Å². The lowest BCUT2D eigenvalue weighted by atomic mass is 10.0. The van der Waals surface area contributed by atoms with Crippen molar-refractivity contribution in [3.05, 3.63) is 52.3 Å². The zero-order valence-electron chi connectivity index (χ0n) is 16.9. The first-order valence-corrected chi connectivity index (χ1v) is 9.03. The average molecular weight is 372 g/mol. The monoisotopic (exact) mass is 372 g/mol. The maximum atomic E-state index is 13.0. The van der Waals surface area contributed by atoms with E-state index >= 15 is 0 Å². The van der Waals surface area contributed by atoms with Crippen LogP contribution < -0.4 is 4.74 Å². The van der Waals surface area contributed by atoms with Gasteiger partial charge in [-0.05, 0) is 58.0 Å². The smallest absolute Gasteiger partial charge is 0.340 e. The van der Waals surface area contributed by atoms with Crippen LogP contribution in [0.4, 0.5) is 0 Å². The Morgan fingerprint density at radius 3 is 2.59 bits per heavy atom. The molecule has 0 spiro atoms. The first-order chi connectivity index (χ1) is 12.8. The second-order valence-electron chi connectivity index (χ2n) is 6.65. The molecule has 0 fully saturated rings. The van der Waals surface area contributed by atoms with E-state index in [9.17, 15) is 9.59 Å². The normalized spacial score (nSPS) is 12.1. The third-order valence-electron chi connectivity index (χ3n) is 4.77. The number of likely N-dealkylation sites (N-methyl/N-ethyl adjacent to an activating group) is 1. The highest BCUT2D eigenvalue weighted by molar-refractivity contribution is 6.03. The van der Waals surface area contributed by atoms with Crippen LogP contribution in [0.1, 0.15) is 51.5 Å². The molecule has 0 saturated heterocycles. The Labute approximate surface area is 160 Å². The van der Waals surface area contributed by atoms with E-state index in [4.69, 9.17) is 9.47 Å². The number of benzene rings is 1. The van der Waals surface area contributed by atoms with Crippen molar-refractivity contribution in [3.63, 3.8) is 0 Å². The summed E-state index contributed by atoms with van der Waals surface area (Å²) in [4.78, 5) is 30.2. The lowest BCUT2D eigenvalue weighted by Gasteiger charge is -2.23. The third-order valence-corrected chi connectivity index (χ3v) is 4.77. The molecule has 27 heavy (non-hydrogen) atoms. The maximum Gasteiger partial charge on any atom is 0.340 e. The molecule has 6 heteroatoms. The van der Waals surface area contributed by atoms with E-state index < -0.39 is 5.97 Å². The number of aryl methyl sites for hydroxylation is 1. The highest BCUT2D eigenvalue weighted by Crippen LogP contribution is 2.22. The van der Waals surface area contributed by atoms with Crippen LogP contribution in [0.15, 0.2) is 24.3 Å². The summed E-state index contributed by atoms with van der Waals surface area (Å²) in [6, 6.07) is 7.41. The number of H-pyrrole nitrogens is 1. The Balaban J connectivity index is 2.19. The summed E-state index contributed by atoms with van der Waals surface area (Å²) in [6.45, 7) is 8.08. The van der Waals surface area contributed by atoms with Gasteiger partial charge in [-0.25, -0.2) is 4.79 Å². The van der Waals surface area contributed by atoms with E-state index in [0.717, 1.165) is 11.3 Å². The van der Waals surface area contributed by atoms with Gasteiger partial charge in [0.1, 0.15) is 5.75 Å². The van der Waals surface area contributed by atoms with E-state index in [1.54, 1.807) is 27.9 Å². The van der Waals surface area contributed by atoms with Gasteiger partial charge in [0.25, 0.3) is 0 Å². The van der Waals surface area contributed by atoms with E-state index in [1.807, 2.05) is 43.1 Å². The summed E-state index contributed by atoms with van der Waals surface area (Å²) in [5, 5.41) is 0. The van der Waals surface area contributed by atoms with Gasteiger partial charge >= 0.3 is 5.97 Å². The molecule has 1 heterocycles. The number of nitrogens with one attached hydrogen (secondary N) is 1. The minimum Gasteiger partial charge on any atom is -0.497 e. The SMILES string of the molecule is CCOC(=O)c1c(C)[nH]c(C(=O)[C@@H](C)N(C)Cc2cccc(OC)c2)c1C. The molecule has 0 bridgehead atoms. The molecule has 0 radical (unpaired) electrons. The van der Waals surface area contributed by atoms with Crippen LogP contribution in [0.5, 0.6) is 5.75 Å². The van der Waals surface area contributed by atoms with E-state index in [-0.39, 0.29) is 11.8 Å². The van der Waals surface area contributed by atoms with Crippen LogP contribution in [-0.2, 0) is 11.3 Å². The molecule has 146 valence electrons. The summed E-state index contributed by atoms with van der Waals surface area (Å²) in [6.07, 6.45) is 0. The lowest BCUT2D eigenvalue weighted by Crippen LogP contribution is -2.36. The summed E-state index contributed by atoms with van der Waals surface area (Å²) in [5.41, 5.74) is 3.25. The Morgan fingerprint density at radius 1 is 1.26 bits per heavy atom. The number of carbonyl (C=O) groups excluding carboxylic acids is 2. The van der Waals surface area contributed by atoms with Crippen molar-refractivity contribution in [3.8, 4) is 5.75 Å². The van der Waals surface area contributed by atoms with Crippen molar-refractivity contribution in [1.29, 1.82) is 0 Å². The Kier molecular flexibility index (Phi) is 6.80. The molecule has 2 rings (SSSR count). The number of ketones is 1. The zero-order chi connectivity index (χ0) is 20.1. The summed E-state index contributed by atoms with van der Waals surface area (Å²) >= 11 is 0. The van der Waals surface area contributed by atoms with Gasteiger partial charge in [-0.1, -0.05) is 12.1 Å². The van der Waals surface area contributed by atoms with Crippen LogP contribution in [-0.4, -0.2) is 48.4 Å². The standard InChI is InChI=1S/C21H28N2O4/c1-7-27-21(25)18-13(2)19(22-14(18)3)20(24)15(4)23(5)12-16-9-8-10-17(11-16)26-6/h8-11,15,22H,7,12H2,1-6H3/t15-/m1/s1. The van der Waals surface area contributed by atoms with E-state index in [0.29, 0.717) is 35.7 Å². The van der Waals surface area contributed by atoms with Crippen molar-refractivity contribution >= 4 is 11.8 Å². The number of aromatic amines is 1. The summed E-state index contributed by atoms with van der Waals surface area (Å²) < 4.78 is 10.4. The van der Waals surface area contributed by atoms with Crippen molar-refractivity contribution in [1.82, 2.24) is 9.88 Å². The fraction of sp³-hybridized carbons (Fsp3) is 0.429. The summed E-state index contributed by atoms with van der Waals surface area (Å²) in [5.74, 6) is 0.325. The predicted octanol–water partition coefficient (Wildman–Crippen LogP) is 3.52. The number of methoxy groups -OCH3 is 1. The predicted molar refractivity (Wildman–Crippen MR) is 104 cm³/mol. The first-order valence-electron chi connectivity index (χ1n) is 9.03. The van der Waals surface area contributed by atoms with Gasteiger partial charge in [0.15, 0.2) is 5.78 Å². The molecular weight excluding hydrogens is 344 g/mol. The van der Waals surface area contributed by atoms with Crippen molar-refractivity contribution in [2.45, 2.75) is 40.3 Å². The number of hydrogen-bond donors (Lipinski definition) is 1. The van der Waals surface area contributed by atoms with Crippen LogP contribution in [0.2, 0.25) is 0 Å². The number of ether oxygens (including phenoxy) is 2. The minimum atomic E-state index is -0.403. The fourth-order valence-electron chi connectivity index (χ4n) is 3.11. The number of esters is 1. The largest absolute Gasteiger partial charge is 0.497 e. The van der Waals surface area contributed by atoms with Crippen LogP contribution in [0.25, 0.3) is 0 Å². The van der Waals surface area contributed by atoms with Gasteiger partial charge in [-0.2, -0.15) is 0 Å². The van der Waals surface area contributed by atoms with Gasteiger partial charge in [-0.15, -0.1) is 0 Å². The molecule has 0 aliphatic rings. The second kappa shape index (κ2) is 8.86. The number of nitrogens with zero attached hydrogens (tertiary/aromatic N) is 1. The molecule has 0 unspecified atom stereocenters. The van der Waals surface area contributed by atoms with Crippen molar-refractivity contribution in [2.75, 3.05) is 20.8 Å². The van der Waals surface area contributed by atoms with Crippen LogP contribution in [0, 0.1) is 13.8 Å². The van der Waals surface area contributed by atoms with Gasteiger partial charge in [-0.3, -0.25) is 9.69 Å². The Bertz CT molecular complexity index is 826. The van der Waals surface area contributed by atoms with Gasteiger partial charge < -0.3 is 14.5 Å². The lowest BCUT2D eigenvalue weighted by molar-refractivity contribution is 0.0525. The molecule has 0 saturated carbocycles. The number of Topliss-reactive ketones (excluding diaryl/α,β-unsaturated/α-hetero) is 1. The average Bonchev–Trinajstić information content (AvgIpc) is 2.95. The first kappa shape index (κ1) is 20.7. The molecule has 2 aromatic rings. The zero-order valence-corrected chi connectivity index (χ0v) is 16.9. The van der Waals surface area contributed by atoms with Crippen molar-refractivity contribution in [2.24, 2.45) is 0 Å². The highest BCUT2D eigenvalue weighted by atomic mass is 16.5. The molecule has 0 amide bonds. The Morgan fingerprint density at radius 2 is 1.96 bits per heavy atom. The number of aromatic nitrogens is 1. The molecule has 1 aromatic carbocycles. The fourth-order valence-corrected chi connectivity index (χ4v) is 3.11. The van der Waals surface area contributed by atoms with Gasteiger partial charge in [0, 0.05) is 12.2 Å². The minimum absolute atomic E-state index is 0.0588. The van der Waals surface area contributed by atoms with Crippen molar-refractivity contribution < 1.29 is 19.1 Å². The third kappa shape index (κ3) is 4.57. The molecule has 0 aliphatic heterocycles. The topological polar surface area (TPSA) is 71.6 Å². The molecule has 1 aromatic heterocycles. The van der Waals surface area contributed by atoms with E-state index in [2.05, 4.69) is 4.98 Å². The second-order valence-corrected chi connectivity index (χ2v) is 6.65. The molecular formula is C21H28N2O4. The maximum absolute atomic E-state index is 13.0. The molecule has 1 N–H and O–H groups in total. The van der Waals surface area contributed by atoms with Crippen LogP contribution >= 0.6 is 0 Å². The Hall–Kier alpha value is -2.60. The summed E-state index contributed by atoms with van der Waals surface area (Å²) in [7, 11) is 3.53. The highest BCUT2D eigenvalue weighted by Gasteiger charge is 2.27. The number of hydrogen-bond acceptors (Lipinski definition) is 5. The molecule has 6 nitrogen and oxygen atoms in total. The van der Waals surface area contributed by atoms with E-state index in [1.165, 1.54) is 0 Å². The number of carbonyl (C=O) groups is 2. The van der Waals surface area contributed by atoms with Gasteiger partial charge in [0.2, 0.25) is 0 Å².